The molecule has 3 nitrogen and oxygen atoms in total. The Morgan fingerprint density at radius 3 is 2.43 bits per heavy atom. The molecule has 1 aliphatic carbocycles. The summed E-state index contributed by atoms with van der Waals surface area (Å²) >= 11 is 6.29. The maximum Gasteiger partial charge on any atom is 0.128 e. The highest BCUT2D eigenvalue weighted by Gasteiger charge is 2.20. The fraction of sp³-hybridized carbons (Fsp3) is 0.294. The second-order valence-corrected chi connectivity index (χ2v) is 5.72. The Balaban J connectivity index is 1.65. The summed E-state index contributed by atoms with van der Waals surface area (Å²) in [5.74, 6) is 1.44. The van der Waals surface area contributed by atoms with Gasteiger partial charge in [0.05, 0.1) is 6.61 Å². The van der Waals surface area contributed by atoms with Crippen LogP contribution in [0.2, 0.25) is 5.02 Å². The lowest BCUT2D eigenvalue weighted by Gasteiger charge is -2.10. The molecule has 2 aromatic carbocycles. The van der Waals surface area contributed by atoms with Crippen LogP contribution in [0.3, 0.4) is 0 Å². The second-order valence-electron chi connectivity index (χ2n) is 5.31. The molecule has 2 aromatic rings. The smallest absolute Gasteiger partial charge is 0.128 e. The van der Waals surface area contributed by atoms with E-state index in [0.717, 1.165) is 23.4 Å². The first-order chi connectivity index (χ1) is 10.2. The minimum atomic E-state index is 0.0365. The van der Waals surface area contributed by atoms with Crippen LogP contribution in [0.25, 0.3) is 0 Å². The molecule has 0 unspecified atom stereocenters. The van der Waals surface area contributed by atoms with Crippen LogP contribution in [-0.4, -0.2) is 11.1 Å². The summed E-state index contributed by atoms with van der Waals surface area (Å²) in [6.07, 6.45) is 2.53. The summed E-state index contributed by atoms with van der Waals surface area (Å²) in [5, 5.41) is 13.2. The number of benzene rings is 2. The average Bonchev–Trinajstić information content (AvgIpc) is 3.31. The van der Waals surface area contributed by atoms with Crippen LogP contribution in [-0.2, 0) is 13.2 Å². The fourth-order valence-electron chi connectivity index (χ4n) is 2.08. The molecule has 0 atom stereocenters. The van der Waals surface area contributed by atoms with Gasteiger partial charge in [-0.25, -0.2) is 0 Å². The number of hydrogen-bond acceptors (Lipinski definition) is 3. The monoisotopic (exact) mass is 303 g/mol. The molecule has 110 valence electrons. The zero-order chi connectivity index (χ0) is 14.7. The Labute approximate surface area is 129 Å². The van der Waals surface area contributed by atoms with Crippen molar-refractivity contribution in [3.05, 3.63) is 58.6 Å². The predicted molar refractivity (Wildman–Crippen MR) is 83.8 cm³/mol. The van der Waals surface area contributed by atoms with Crippen molar-refractivity contribution in [3.8, 4) is 11.5 Å². The molecule has 0 saturated heterocycles. The molecule has 1 aliphatic rings. The van der Waals surface area contributed by atoms with E-state index in [1.165, 1.54) is 12.8 Å². The summed E-state index contributed by atoms with van der Waals surface area (Å²) in [5.41, 5.74) is 1.95. The van der Waals surface area contributed by atoms with Crippen molar-refractivity contribution in [2.45, 2.75) is 32.0 Å². The maximum absolute atomic E-state index is 9.01. The summed E-state index contributed by atoms with van der Waals surface area (Å²) in [6.45, 7) is 0.837. The third kappa shape index (κ3) is 3.97. The van der Waals surface area contributed by atoms with E-state index >= 15 is 0 Å². The SMILES string of the molecule is OCc1ccc(Oc2ccc(CNC3CC3)c(Cl)c2)cc1. The van der Waals surface area contributed by atoms with Gasteiger partial charge in [-0.05, 0) is 48.2 Å². The first-order valence-corrected chi connectivity index (χ1v) is 7.52. The molecule has 0 amide bonds. The highest BCUT2D eigenvalue weighted by molar-refractivity contribution is 6.31. The van der Waals surface area contributed by atoms with Crippen LogP contribution >= 0.6 is 11.6 Å². The van der Waals surface area contributed by atoms with E-state index in [9.17, 15) is 0 Å². The summed E-state index contributed by atoms with van der Waals surface area (Å²) in [6, 6.07) is 13.8. The number of aliphatic hydroxyl groups is 1. The summed E-state index contributed by atoms with van der Waals surface area (Å²) < 4.78 is 5.77. The van der Waals surface area contributed by atoms with E-state index < -0.39 is 0 Å². The molecule has 0 spiro atoms. The van der Waals surface area contributed by atoms with Crippen molar-refractivity contribution in [2.24, 2.45) is 0 Å². The van der Waals surface area contributed by atoms with Crippen molar-refractivity contribution >= 4 is 11.6 Å². The zero-order valence-electron chi connectivity index (χ0n) is 11.7. The van der Waals surface area contributed by atoms with Gasteiger partial charge < -0.3 is 15.2 Å². The molecule has 0 heterocycles. The molecule has 0 aromatic heterocycles. The molecule has 2 N–H and O–H groups in total. The van der Waals surface area contributed by atoms with E-state index in [2.05, 4.69) is 5.32 Å². The van der Waals surface area contributed by atoms with E-state index in [4.69, 9.17) is 21.4 Å². The van der Waals surface area contributed by atoms with Gasteiger partial charge in [0, 0.05) is 17.6 Å². The van der Waals surface area contributed by atoms with Crippen molar-refractivity contribution < 1.29 is 9.84 Å². The van der Waals surface area contributed by atoms with E-state index in [1.54, 1.807) is 0 Å². The third-order valence-electron chi connectivity index (χ3n) is 3.52. The normalized spacial score (nSPS) is 14.2. The fourth-order valence-corrected chi connectivity index (χ4v) is 2.31. The number of nitrogens with one attached hydrogen (secondary N) is 1. The van der Waals surface area contributed by atoms with Crippen molar-refractivity contribution in [2.75, 3.05) is 0 Å². The number of aliphatic hydroxyl groups excluding tert-OH is 1. The van der Waals surface area contributed by atoms with Gasteiger partial charge in [-0.2, -0.15) is 0 Å². The Hall–Kier alpha value is -1.55. The van der Waals surface area contributed by atoms with E-state index in [-0.39, 0.29) is 6.61 Å². The van der Waals surface area contributed by atoms with Crippen molar-refractivity contribution in [1.82, 2.24) is 5.32 Å². The molecule has 21 heavy (non-hydrogen) atoms. The van der Waals surface area contributed by atoms with Gasteiger partial charge in [-0.1, -0.05) is 29.8 Å². The molecule has 1 fully saturated rings. The highest BCUT2D eigenvalue weighted by Crippen LogP contribution is 2.28. The Morgan fingerprint density at radius 2 is 1.81 bits per heavy atom. The van der Waals surface area contributed by atoms with Crippen LogP contribution in [0.4, 0.5) is 0 Å². The minimum Gasteiger partial charge on any atom is -0.457 e. The van der Waals surface area contributed by atoms with E-state index in [0.29, 0.717) is 16.8 Å². The number of ether oxygens (including phenoxy) is 1. The molecule has 4 heteroatoms. The number of rotatable bonds is 6. The largest absolute Gasteiger partial charge is 0.457 e. The standard InChI is InChI=1S/C17H18ClNO2/c18-17-9-16(8-3-13(17)10-19-14-4-5-14)21-15-6-1-12(11-20)2-7-15/h1-3,6-9,14,19-20H,4-5,10-11H2. The maximum atomic E-state index is 9.01. The average molecular weight is 304 g/mol. The molecule has 0 aliphatic heterocycles. The topological polar surface area (TPSA) is 41.5 Å². The highest BCUT2D eigenvalue weighted by atomic mass is 35.5. The second kappa shape index (κ2) is 6.48. The molecule has 3 rings (SSSR count). The van der Waals surface area contributed by atoms with Crippen LogP contribution < -0.4 is 10.1 Å². The van der Waals surface area contributed by atoms with Crippen LogP contribution in [0.15, 0.2) is 42.5 Å². The van der Waals surface area contributed by atoms with Crippen LogP contribution in [0.1, 0.15) is 24.0 Å². The van der Waals surface area contributed by atoms with Gasteiger partial charge in [0.1, 0.15) is 11.5 Å². The zero-order valence-corrected chi connectivity index (χ0v) is 12.4. The molecular weight excluding hydrogens is 286 g/mol. The number of hydrogen-bond donors (Lipinski definition) is 2. The lowest BCUT2D eigenvalue weighted by atomic mass is 10.2. The van der Waals surface area contributed by atoms with Crippen LogP contribution in [0.5, 0.6) is 11.5 Å². The minimum absolute atomic E-state index is 0.0365. The van der Waals surface area contributed by atoms with E-state index in [1.807, 2.05) is 42.5 Å². The van der Waals surface area contributed by atoms with Gasteiger partial charge in [0.25, 0.3) is 0 Å². The van der Waals surface area contributed by atoms with Gasteiger partial charge in [-0.15, -0.1) is 0 Å². The van der Waals surface area contributed by atoms with Crippen LogP contribution in [0, 0.1) is 0 Å². The quantitative estimate of drug-likeness (QED) is 0.851. The third-order valence-corrected chi connectivity index (χ3v) is 3.88. The lowest BCUT2D eigenvalue weighted by molar-refractivity contribution is 0.281. The molecule has 0 radical (unpaired) electrons. The Bertz CT molecular complexity index is 609. The van der Waals surface area contributed by atoms with Gasteiger partial charge >= 0.3 is 0 Å². The predicted octanol–water partition coefficient (Wildman–Crippen LogP) is 3.88. The van der Waals surface area contributed by atoms with Gasteiger partial charge in [0.15, 0.2) is 0 Å². The van der Waals surface area contributed by atoms with Crippen molar-refractivity contribution in [1.29, 1.82) is 0 Å². The first kappa shape index (κ1) is 14.4. The molecular formula is C17H18ClNO2. The number of halogens is 1. The van der Waals surface area contributed by atoms with Gasteiger partial charge in [-0.3, -0.25) is 0 Å². The van der Waals surface area contributed by atoms with Gasteiger partial charge in [0.2, 0.25) is 0 Å². The summed E-state index contributed by atoms with van der Waals surface area (Å²) in [4.78, 5) is 0. The molecule has 0 bridgehead atoms. The lowest BCUT2D eigenvalue weighted by Crippen LogP contribution is -2.15. The Morgan fingerprint density at radius 1 is 1.10 bits per heavy atom. The van der Waals surface area contributed by atoms with Crippen molar-refractivity contribution in [3.63, 3.8) is 0 Å². The Kier molecular flexibility index (Phi) is 4.44. The summed E-state index contributed by atoms with van der Waals surface area (Å²) in [7, 11) is 0. The first-order valence-electron chi connectivity index (χ1n) is 7.14. The molecule has 1 saturated carbocycles.